The third kappa shape index (κ3) is 3.80. The Bertz CT molecular complexity index is 1250. The maximum atomic E-state index is 13.5. The van der Waals surface area contributed by atoms with E-state index in [1.807, 2.05) is 0 Å². The lowest BCUT2D eigenvalue weighted by Gasteiger charge is -2.25. The van der Waals surface area contributed by atoms with Gasteiger partial charge in [0.1, 0.15) is 5.54 Å². The standard InChI is InChI=1S/C19H15ClF3N5OS/c1-18(2,27-10-5-3-9(20)4-6-10)16(29)26-17-25-14-12(19(21,22)23)7-13-11(8-24-28-13)15(14)30-17/h3-8,27H,1-2H3,(H,24,28)(H,25,26,29). The highest BCUT2D eigenvalue weighted by molar-refractivity contribution is 7.23. The summed E-state index contributed by atoms with van der Waals surface area (Å²) in [5.74, 6) is -0.450. The van der Waals surface area contributed by atoms with Crippen LogP contribution in [0.1, 0.15) is 19.4 Å². The van der Waals surface area contributed by atoms with Crippen molar-refractivity contribution in [3.63, 3.8) is 0 Å². The molecule has 0 radical (unpaired) electrons. The van der Waals surface area contributed by atoms with Gasteiger partial charge in [-0.15, -0.1) is 0 Å². The number of carbonyl (C=O) groups excluding carboxylic acids is 1. The van der Waals surface area contributed by atoms with E-state index in [4.69, 9.17) is 11.6 Å². The third-order valence-corrected chi connectivity index (χ3v) is 5.74. The Labute approximate surface area is 177 Å². The molecule has 0 bridgehead atoms. The molecule has 2 heterocycles. The molecular weight excluding hydrogens is 439 g/mol. The van der Waals surface area contributed by atoms with Crippen LogP contribution in [0.25, 0.3) is 21.1 Å². The first-order chi connectivity index (χ1) is 14.0. The zero-order chi connectivity index (χ0) is 21.7. The number of alkyl halides is 3. The number of carbonyl (C=O) groups is 1. The Morgan fingerprint density at radius 2 is 1.90 bits per heavy atom. The van der Waals surface area contributed by atoms with Crippen LogP contribution in [0.4, 0.5) is 24.0 Å². The third-order valence-electron chi connectivity index (χ3n) is 4.48. The second-order valence-electron chi connectivity index (χ2n) is 7.16. The van der Waals surface area contributed by atoms with E-state index in [0.29, 0.717) is 20.8 Å². The number of rotatable bonds is 4. The SMILES string of the molecule is CC(C)(Nc1ccc(Cl)cc1)C(=O)Nc1nc2c(C(F)(F)F)cc3[nH]ncc3c2s1. The summed E-state index contributed by atoms with van der Waals surface area (Å²) in [7, 11) is 0. The minimum Gasteiger partial charge on any atom is -0.372 e. The number of hydrogen-bond donors (Lipinski definition) is 3. The fourth-order valence-electron chi connectivity index (χ4n) is 2.96. The van der Waals surface area contributed by atoms with E-state index in [1.54, 1.807) is 38.1 Å². The first kappa shape index (κ1) is 20.4. The molecule has 6 nitrogen and oxygen atoms in total. The number of thiazole rings is 1. The molecule has 2 aromatic heterocycles. The van der Waals surface area contributed by atoms with Gasteiger partial charge in [-0.1, -0.05) is 22.9 Å². The summed E-state index contributed by atoms with van der Waals surface area (Å²) in [4.78, 5) is 16.9. The first-order valence-electron chi connectivity index (χ1n) is 8.73. The van der Waals surface area contributed by atoms with Crippen LogP contribution in [-0.4, -0.2) is 26.6 Å². The molecule has 0 aliphatic heterocycles. The molecular formula is C19H15ClF3N5OS. The molecule has 30 heavy (non-hydrogen) atoms. The minimum atomic E-state index is -4.59. The average molecular weight is 454 g/mol. The average Bonchev–Trinajstić information content (AvgIpc) is 3.27. The summed E-state index contributed by atoms with van der Waals surface area (Å²) in [6.45, 7) is 3.30. The summed E-state index contributed by atoms with van der Waals surface area (Å²) >= 11 is 6.83. The predicted molar refractivity (Wildman–Crippen MR) is 112 cm³/mol. The number of amides is 1. The van der Waals surface area contributed by atoms with Crippen molar-refractivity contribution in [2.24, 2.45) is 0 Å². The van der Waals surface area contributed by atoms with Crippen molar-refractivity contribution in [1.29, 1.82) is 0 Å². The fourth-order valence-corrected chi connectivity index (χ4v) is 4.08. The molecule has 0 aliphatic carbocycles. The van der Waals surface area contributed by atoms with Gasteiger partial charge in [0.15, 0.2) is 5.13 Å². The number of nitrogens with one attached hydrogen (secondary N) is 3. The van der Waals surface area contributed by atoms with E-state index in [9.17, 15) is 18.0 Å². The Kier molecular flexibility index (Phi) is 4.86. The monoisotopic (exact) mass is 453 g/mol. The molecule has 2 aromatic carbocycles. The number of nitrogens with zero attached hydrogens (tertiary/aromatic N) is 2. The van der Waals surface area contributed by atoms with E-state index < -0.39 is 23.2 Å². The van der Waals surface area contributed by atoms with Crippen LogP contribution in [0.5, 0.6) is 0 Å². The number of aromatic amines is 1. The van der Waals surface area contributed by atoms with Gasteiger partial charge in [0.2, 0.25) is 0 Å². The second kappa shape index (κ2) is 7.13. The van der Waals surface area contributed by atoms with Crippen molar-refractivity contribution in [2.75, 3.05) is 10.6 Å². The summed E-state index contributed by atoms with van der Waals surface area (Å²) in [5.41, 5.74) is -1.25. The number of benzene rings is 2. The van der Waals surface area contributed by atoms with Gasteiger partial charge in [0.05, 0.1) is 27.5 Å². The summed E-state index contributed by atoms with van der Waals surface area (Å²) < 4.78 is 40.8. The van der Waals surface area contributed by atoms with Crippen LogP contribution in [0.2, 0.25) is 5.02 Å². The maximum Gasteiger partial charge on any atom is 0.418 e. The molecule has 4 aromatic rings. The van der Waals surface area contributed by atoms with Crippen LogP contribution >= 0.6 is 22.9 Å². The van der Waals surface area contributed by atoms with Crippen LogP contribution in [0, 0.1) is 0 Å². The summed E-state index contributed by atoms with van der Waals surface area (Å²) in [6, 6.07) is 7.78. The summed E-state index contributed by atoms with van der Waals surface area (Å²) in [6.07, 6.45) is -3.16. The minimum absolute atomic E-state index is 0.0696. The van der Waals surface area contributed by atoms with Crippen molar-refractivity contribution in [3.8, 4) is 0 Å². The maximum absolute atomic E-state index is 13.5. The molecule has 4 rings (SSSR count). The van der Waals surface area contributed by atoms with Gasteiger partial charge in [-0.25, -0.2) is 4.98 Å². The molecule has 11 heteroatoms. The van der Waals surface area contributed by atoms with Gasteiger partial charge < -0.3 is 5.32 Å². The van der Waals surface area contributed by atoms with Gasteiger partial charge in [-0.2, -0.15) is 18.3 Å². The van der Waals surface area contributed by atoms with Gasteiger partial charge in [-0.3, -0.25) is 15.2 Å². The molecule has 0 spiro atoms. The lowest BCUT2D eigenvalue weighted by Crippen LogP contribution is -2.44. The van der Waals surface area contributed by atoms with Gasteiger partial charge in [0, 0.05) is 16.1 Å². The van der Waals surface area contributed by atoms with Crippen LogP contribution < -0.4 is 10.6 Å². The smallest absolute Gasteiger partial charge is 0.372 e. The van der Waals surface area contributed by atoms with Crippen molar-refractivity contribution >= 4 is 60.8 Å². The summed E-state index contributed by atoms with van der Waals surface area (Å²) in [5, 5.41) is 13.2. The van der Waals surface area contributed by atoms with Crippen LogP contribution in [-0.2, 0) is 11.0 Å². The molecule has 0 saturated carbocycles. The highest BCUT2D eigenvalue weighted by atomic mass is 35.5. The molecule has 0 aliphatic rings. The molecule has 156 valence electrons. The Balaban J connectivity index is 1.66. The second-order valence-corrected chi connectivity index (χ2v) is 8.60. The Morgan fingerprint density at radius 3 is 2.57 bits per heavy atom. The first-order valence-corrected chi connectivity index (χ1v) is 9.93. The highest BCUT2D eigenvalue weighted by Gasteiger charge is 2.36. The number of H-pyrrole nitrogens is 1. The van der Waals surface area contributed by atoms with E-state index in [-0.39, 0.29) is 16.2 Å². The number of halogens is 4. The molecule has 0 saturated heterocycles. The zero-order valence-corrected chi connectivity index (χ0v) is 17.3. The largest absolute Gasteiger partial charge is 0.418 e. The van der Waals surface area contributed by atoms with Crippen LogP contribution in [0.3, 0.4) is 0 Å². The predicted octanol–water partition coefficient (Wildman–Crippen LogP) is 5.67. The number of aromatic nitrogens is 3. The topological polar surface area (TPSA) is 82.7 Å². The van der Waals surface area contributed by atoms with Gasteiger partial charge in [-0.05, 0) is 44.2 Å². The lowest BCUT2D eigenvalue weighted by molar-refractivity contribution is -0.136. The number of anilines is 2. The molecule has 3 N–H and O–H groups in total. The number of fused-ring (bicyclic) bond motifs is 3. The fraction of sp³-hybridized carbons (Fsp3) is 0.211. The van der Waals surface area contributed by atoms with Crippen molar-refractivity contribution in [2.45, 2.75) is 25.6 Å². The Morgan fingerprint density at radius 1 is 1.20 bits per heavy atom. The van der Waals surface area contributed by atoms with E-state index in [0.717, 1.165) is 17.4 Å². The van der Waals surface area contributed by atoms with Crippen molar-refractivity contribution in [1.82, 2.24) is 15.2 Å². The van der Waals surface area contributed by atoms with Crippen LogP contribution in [0.15, 0.2) is 36.5 Å². The van der Waals surface area contributed by atoms with E-state index in [1.165, 1.54) is 6.20 Å². The van der Waals surface area contributed by atoms with Gasteiger partial charge >= 0.3 is 6.18 Å². The van der Waals surface area contributed by atoms with Crippen molar-refractivity contribution in [3.05, 3.63) is 47.1 Å². The molecule has 0 unspecified atom stereocenters. The van der Waals surface area contributed by atoms with E-state index >= 15 is 0 Å². The molecule has 0 atom stereocenters. The van der Waals surface area contributed by atoms with E-state index in [2.05, 4.69) is 25.8 Å². The number of hydrogen-bond acceptors (Lipinski definition) is 5. The molecule has 1 amide bonds. The Hall–Kier alpha value is -2.85. The lowest BCUT2D eigenvalue weighted by atomic mass is 10.0. The molecule has 0 fully saturated rings. The van der Waals surface area contributed by atoms with Crippen molar-refractivity contribution < 1.29 is 18.0 Å². The zero-order valence-electron chi connectivity index (χ0n) is 15.7. The quantitative estimate of drug-likeness (QED) is 0.371. The highest BCUT2D eigenvalue weighted by Crippen LogP contribution is 2.41. The van der Waals surface area contributed by atoms with Gasteiger partial charge in [0.25, 0.3) is 5.91 Å². The normalized spacial score (nSPS) is 12.5.